The van der Waals surface area contributed by atoms with E-state index in [4.69, 9.17) is 5.73 Å². The molecule has 0 saturated heterocycles. The Hall–Kier alpha value is -1.45. The number of alkyl halides is 2. The van der Waals surface area contributed by atoms with E-state index >= 15 is 0 Å². The van der Waals surface area contributed by atoms with E-state index in [1.165, 1.54) is 12.1 Å². The lowest BCUT2D eigenvalue weighted by molar-refractivity contribution is -0.132. The molecule has 76 valence electrons. The Labute approximate surface area is 80.7 Å². The summed E-state index contributed by atoms with van der Waals surface area (Å²) in [5.41, 5.74) is 2.20. The first kappa shape index (κ1) is 10.6. The molecule has 0 aliphatic heterocycles. The van der Waals surface area contributed by atoms with Gasteiger partial charge in [0.2, 0.25) is 5.67 Å². The average Bonchev–Trinajstić information content (AvgIpc) is 2.17. The average molecular weight is 199 g/mol. The van der Waals surface area contributed by atoms with Crippen molar-refractivity contribution in [2.75, 3.05) is 0 Å². The van der Waals surface area contributed by atoms with E-state index < -0.39 is 17.7 Å². The van der Waals surface area contributed by atoms with Crippen molar-refractivity contribution < 1.29 is 13.6 Å². The van der Waals surface area contributed by atoms with Crippen molar-refractivity contribution in [3.63, 3.8) is 0 Å². The molecule has 2 atom stereocenters. The van der Waals surface area contributed by atoms with Gasteiger partial charge in [0.15, 0.2) is 6.17 Å². The van der Waals surface area contributed by atoms with Crippen LogP contribution in [0.15, 0.2) is 30.3 Å². The molecule has 0 aromatic heterocycles. The number of rotatable bonds is 3. The van der Waals surface area contributed by atoms with Crippen molar-refractivity contribution in [2.45, 2.75) is 18.8 Å². The van der Waals surface area contributed by atoms with Gasteiger partial charge < -0.3 is 5.73 Å². The quantitative estimate of drug-likeness (QED) is 0.793. The zero-order chi connectivity index (χ0) is 10.8. The number of halogens is 2. The number of benzene rings is 1. The maximum absolute atomic E-state index is 13.5. The Morgan fingerprint density at radius 1 is 1.43 bits per heavy atom. The SMILES string of the molecule is C[C@@](F)(C(N)=O)[C@@H](F)c1ccccc1. The van der Waals surface area contributed by atoms with Crippen LogP contribution in [0.5, 0.6) is 0 Å². The van der Waals surface area contributed by atoms with Crippen LogP contribution in [0.4, 0.5) is 8.78 Å². The highest BCUT2D eigenvalue weighted by Gasteiger charge is 2.41. The summed E-state index contributed by atoms with van der Waals surface area (Å²) < 4.78 is 26.9. The normalized spacial score (nSPS) is 17.1. The third-order valence-electron chi connectivity index (χ3n) is 2.05. The Morgan fingerprint density at radius 2 is 1.93 bits per heavy atom. The second kappa shape index (κ2) is 3.74. The lowest BCUT2D eigenvalue weighted by Crippen LogP contribution is -2.40. The minimum atomic E-state index is -2.67. The third-order valence-corrected chi connectivity index (χ3v) is 2.05. The van der Waals surface area contributed by atoms with E-state index in [2.05, 4.69) is 0 Å². The second-order valence-electron chi connectivity index (χ2n) is 3.21. The Balaban J connectivity index is 2.96. The molecule has 0 aliphatic carbocycles. The molecule has 2 N–H and O–H groups in total. The number of carbonyl (C=O) groups is 1. The molecule has 2 nitrogen and oxygen atoms in total. The van der Waals surface area contributed by atoms with Gasteiger partial charge in [-0.05, 0) is 12.5 Å². The van der Waals surface area contributed by atoms with Crippen LogP contribution in [0.25, 0.3) is 0 Å². The Morgan fingerprint density at radius 3 is 2.36 bits per heavy atom. The molecular weight excluding hydrogens is 188 g/mol. The van der Waals surface area contributed by atoms with E-state index in [1.807, 2.05) is 0 Å². The van der Waals surface area contributed by atoms with Gasteiger partial charge >= 0.3 is 0 Å². The van der Waals surface area contributed by atoms with Crippen LogP contribution in [0.3, 0.4) is 0 Å². The molecule has 1 aromatic rings. The maximum atomic E-state index is 13.5. The predicted molar refractivity (Wildman–Crippen MR) is 49.0 cm³/mol. The highest BCUT2D eigenvalue weighted by atomic mass is 19.2. The summed E-state index contributed by atoms with van der Waals surface area (Å²) in [7, 11) is 0. The largest absolute Gasteiger partial charge is 0.367 e. The molecule has 1 rings (SSSR count). The molecular formula is C10H11F2NO. The summed E-state index contributed by atoms with van der Waals surface area (Å²) in [6, 6.07) is 7.63. The first-order chi connectivity index (χ1) is 6.46. The van der Waals surface area contributed by atoms with E-state index in [9.17, 15) is 13.6 Å². The molecule has 0 saturated carbocycles. The van der Waals surface area contributed by atoms with Crippen molar-refractivity contribution in [3.05, 3.63) is 35.9 Å². The molecule has 0 bridgehead atoms. The lowest BCUT2D eigenvalue weighted by atomic mass is 9.95. The molecule has 0 radical (unpaired) electrons. The second-order valence-corrected chi connectivity index (χ2v) is 3.21. The third kappa shape index (κ3) is 1.89. The standard InChI is InChI=1S/C10H11F2NO/c1-10(12,9(13)14)8(11)7-5-3-2-4-6-7/h2-6,8H,1H3,(H2,13,14)/t8-,10-/m0/s1. The minimum Gasteiger partial charge on any atom is -0.367 e. The smallest absolute Gasteiger partial charge is 0.258 e. The van der Waals surface area contributed by atoms with E-state index in [-0.39, 0.29) is 5.56 Å². The van der Waals surface area contributed by atoms with E-state index in [0.717, 1.165) is 6.92 Å². The van der Waals surface area contributed by atoms with Gasteiger partial charge in [0.05, 0.1) is 0 Å². The van der Waals surface area contributed by atoms with Crippen LogP contribution in [0.1, 0.15) is 18.7 Å². The van der Waals surface area contributed by atoms with Crippen LogP contribution >= 0.6 is 0 Å². The molecule has 14 heavy (non-hydrogen) atoms. The molecule has 0 fully saturated rings. The number of primary amides is 1. The van der Waals surface area contributed by atoms with Crippen LogP contribution in [0.2, 0.25) is 0 Å². The van der Waals surface area contributed by atoms with Gasteiger partial charge in [0, 0.05) is 0 Å². The number of carbonyl (C=O) groups excluding carboxylic acids is 1. The highest BCUT2D eigenvalue weighted by Crippen LogP contribution is 2.32. The van der Waals surface area contributed by atoms with Gasteiger partial charge in [0.25, 0.3) is 5.91 Å². The summed E-state index contributed by atoms with van der Waals surface area (Å²) in [5, 5.41) is 0. The first-order valence-corrected chi connectivity index (χ1v) is 4.14. The summed E-state index contributed by atoms with van der Waals surface area (Å²) >= 11 is 0. The molecule has 0 heterocycles. The lowest BCUT2D eigenvalue weighted by Gasteiger charge is -2.20. The Kier molecular flexibility index (Phi) is 2.84. The van der Waals surface area contributed by atoms with Crippen LogP contribution in [-0.4, -0.2) is 11.6 Å². The van der Waals surface area contributed by atoms with Crippen LogP contribution in [0, 0.1) is 0 Å². The summed E-state index contributed by atoms with van der Waals surface area (Å²) in [6.07, 6.45) is -2.03. The predicted octanol–water partition coefficient (Wildman–Crippen LogP) is 1.91. The molecule has 0 spiro atoms. The zero-order valence-electron chi connectivity index (χ0n) is 7.71. The molecule has 4 heteroatoms. The van der Waals surface area contributed by atoms with E-state index in [0.29, 0.717) is 0 Å². The van der Waals surface area contributed by atoms with Gasteiger partial charge in [-0.25, -0.2) is 8.78 Å². The number of hydrogen-bond donors (Lipinski definition) is 1. The number of amides is 1. The van der Waals surface area contributed by atoms with Crippen molar-refractivity contribution in [2.24, 2.45) is 5.73 Å². The maximum Gasteiger partial charge on any atom is 0.258 e. The fourth-order valence-corrected chi connectivity index (χ4v) is 1.06. The first-order valence-electron chi connectivity index (χ1n) is 4.14. The van der Waals surface area contributed by atoms with Crippen molar-refractivity contribution >= 4 is 5.91 Å². The topological polar surface area (TPSA) is 43.1 Å². The van der Waals surface area contributed by atoms with Gasteiger partial charge in [-0.3, -0.25) is 4.79 Å². The minimum absolute atomic E-state index is 0.108. The van der Waals surface area contributed by atoms with E-state index in [1.54, 1.807) is 18.2 Å². The molecule has 0 aliphatic rings. The zero-order valence-corrected chi connectivity index (χ0v) is 7.71. The molecule has 1 aromatic carbocycles. The summed E-state index contributed by atoms with van der Waals surface area (Å²) in [4.78, 5) is 10.6. The fourth-order valence-electron chi connectivity index (χ4n) is 1.06. The monoisotopic (exact) mass is 199 g/mol. The van der Waals surface area contributed by atoms with Gasteiger partial charge in [-0.15, -0.1) is 0 Å². The molecule has 1 amide bonds. The summed E-state index contributed by atoms with van der Waals surface area (Å²) in [5.74, 6) is -1.30. The summed E-state index contributed by atoms with van der Waals surface area (Å²) in [6.45, 7) is 0.840. The fraction of sp³-hybridized carbons (Fsp3) is 0.300. The van der Waals surface area contributed by atoms with Crippen LogP contribution < -0.4 is 5.73 Å². The van der Waals surface area contributed by atoms with Gasteiger partial charge in [0.1, 0.15) is 0 Å². The van der Waals surface area contributed by atoms with Gasteiger partial charge in [-0.1, -0.05) is 30.3 Å². The molecule has 0 unspecified atom stereocenters. The van der Waals surface area contributed by atoms with Crippen molar-refractivity contribution in [1.82, 2.24) is 0 Å². The van der Waals surface area contributed by atoms with Gasteiger partial charge in [-0.2, -0.15) is 0 Å². The number of nitrogens with two attached hydrogens (primary N) is 1. The van der Waals surface area contributed by atoms with Crippen molar-refractivity contribution in [1.29, 1.82) is 0 Å². The van der Waals surface area contributed by atoms with Crippen molar-refractivity contribution in [3.8, 4) is 0 Å². The van der Waals surface area contributed by atoms with Crippen LogP contribution in [-0.2, 0) is 4.79 Å². The number of hydrogen-bond acceptors (Lipinski definition) is 1. The Bertz CT molecular complexity index is 324. The highest BCUT2D eigenvalue weighted by molar-refractivity contribution is 5.83.